The van der Waals surface area contributed by atoms with Gasteiger partial charge in [0.1, 0.15) is 6.67 Å². The van der Waals surface area contributed by atoms with Crippen LogP contribution in [0.5, 0.6) is 0 Å². The summed E-state index contributed by atoms with van der Waals surface area (Å²) >= 11 is 0. The average molecular weight is 357 g/mol. The number of anilines is 1. The minimum atomic E-state index is -0.648. The van der Waals surface area contributed by atoms with Crippen molar-refractivity contribution in [3.8, 4) is 11.1 Å². The third kappa shape index (κ3) is 3.24. The SMILES string of the molecule is CC(CF)NC(=O)c1cc(-c2cnn(CC3CC3)c2)cn2nc(N)nc12. The number of hydrogen-bond donors (Lipinski definition) is 2. The van der Waals surface area contributed by atoms with Gasteiger partial charge in [-0.2, -0.15) is 10.1 Å². The minimum Gasteiger partial charge on any atom is -0.366 e. The number of aromatic nitrogens is 5. The van der Waals surface area contributed by atoms with Crippen molar-refractivity contribution >= 4 is 17.5 Å². The number of nitrogens with zero attached hydrogens (tertiary/aromatic N) is 5. The number of carbonyl (C=O) groups is 1. The maximum atomic E-state index is 12.8. The van der Waals surface area contributed by atoms with Crippen molar-refractivity contribution < 1.29 is 9.18 Å². The van der Waals surface area contributed by atoms with Crippen molar-refractivity contribution in [2.45, 2.75) is 32.4 Å². The van der Waals surface area contributed by atoms with Gasteiger partial charge >= 0.3 is 0 Å². The first kappa shape index (κ1) is 16.5. The number of fused-ring (bicyclic) bond motifs is 1. The number of nitrogens with one attached hydrogen (secondary N) is 1. The smallest absolute Gasteiger partial charge is 0.255 e. The van der Waals surface area contributed by atoms with E-state index in [2.05, 4.69) is 20.5 Å². The molecule has 8 nitrogen and oxygen atoms in total. The van der Waals surface area contributed by atoms with E-state index in [1.807, 2.05) is 10.9 Å². The number of halogens is 1. The number of rotatable bonds is 6. The van der Waals surface area contributed by atoms with Crippen molar-refractivity contribution in [2.75, 3.05) is 12.4 Å². The molecule has 1 saturated carbocycles. The van der Waals surface area contributed by atoms with Crippen LogP contribution in [-0.4, -0.2) is 43.0 Å². The molecule has 0 saturated heterocycles. The van der Waals surface area contributed by atoms with E-state index in [0.29, 0.717) is 17.1 Å². The largest absolute Gasteiger partial charge is 0.366 e. The van der Waals surface area contributed by atoms with Gasteiger partial charge in [0.25, 0.3) is 5.91 Å². The van der Waals surface area contributed by atoms with Crippen LogP contribution in [0.2, 0.25) is 0 Å². The van der Waals surface area contributed by atoms with Crippen LogP contribution >= 0.6 is 0 Å². The van der Waals surface area contributed by atoms with Crippen molar-refractivity contribution in [3.05, 3.63) is 30.2 Å². The molecule has 3 aromatic rings. The summed E-state index contributed by atoms with van der Waals surface area (Å²) in [7, 11) is 0. The Kier molecular flexibility index (Phi) is 4.06. The zero-order valence-corrected chi connectivity index (χ0v) is 14.4. The van der Waals surface area contributed by atoms with E-state index >= 15 is 0 Å². The summed E-state index contributed by atoms with van der Waals surface area (Å²) in [6.07, 6.45) is 7.96. The van der Waals surface area contributed by atoms with E-state index in [-0.39, 0.29) is 5.95 Å². The molecule has 1 aliphatic rings. The second-order valence-electron chi connectivity index (χ2n) is 6.80. The van der Waals surface area contributed by atoms with Gasteiger partial charge in [0.05, 0.1) is 17.8 Å². The Balaban J connectivity index is 1.72. The Morgan fingerprint density at radius 3 is 2.96 bits per heavy atom. The van der Waals surface area contributed by atoms with Gasteiger partial charge in [0, 0.05) is 30.1 Å². The summed E-state index contributed by atoms with van der Waals surface area (Å²) in [5.74, 6) is 0.364. The van der Waals surface area contributed by atoms with Crippen molar-refractivity contribution in [2.24, 2.45) is 5.92 Å². The first-order chi connectivity index (χ1) is 12.5. The first-order valence-corrected chi connectivity index (χ1v) is 8.59. The molecule has 26 heavy (non-hydrogen) atoms. The summed E-state index contributed by atoms with van der Waals surface area (Å²) in [6.45, 7) is 1.85. The highest BCUT2D eigenvalue weighted by Crippen LogP contribution is 2.31. The minimum absolute atomic E-state index is 0.0687. The zero-order chi connectivity index (χ0) is 18.3. The Morgan fingerprint density at radius 2 is 2.23 bits per heavy atom. The van der Waals surface area contributed by atoms with Crippen LogP contribution in [0.3, 0.4) is 0 Å². The fourth-order valence-corrected chi connectivity index (χ4v) is 2.85. The van der Waals surface area contributed by atoms with E-state index in [1.54, 1.807) is 25.4 Å². The van der Waals surface area contributed by atoms with Crippen molar-refractivity contribution in [1.29, 1.82) is 0 Å². The third-order valence-electron chi connectivity index (χ3n) is 4.41. The van der Waals surface area contributed by atoms with E-state index in [4.69, 9.17) is 5.73 Å². The lowest BCUT2D eigenvalue weighted by Crippen LogP contribution is -2.34. The van der Waals surface area contributed by atoms with Crippen molar-refractivity contribution in [1.82, 2.24) is 29.7 Å². The predicted octanol–water partition coefficient (Wildman–Crippen LogP) is 1.67. The molecule has 3 aromatic heterocycles. The molecule has 9 heteroatoms. The van der Waals surface area contributed by atoms with Crippen molar-refractivity contribution in [3.63, 3.8) is 0 Å². The molecule has 0 bridgehead atoms. The van der Waals surface area contributed by atoms with Crippen LogP contribution in [-0.2, 0) is 6.54 Å². The quantitative estimate of drug-likeness (QED) is 0.698. The molecule has 136 valence electrons. The standard InChI is InChI=1S/C17H20FN7O/c1-10(5-18)21-16(26)14-4-12(9-25-15(14)22-17(19)23-25)13-6-20-24(8-13)7-11-2-3-11/h4,6,8-11H,2-3,5,7H2,1H3,(H2,19,23)(H,21,26). The molecule has 3 N–H and O–H groups in total. The highest BCUT2D eigenvalue weighted by atomic mass is 19.1. The number of amides is 1. The Labute approximate surface area is 149 Å². The predicted molar refractivity (Wildman–Crippen MR) is 94.2 cm³/mol. The normalized spacial score (nSPS) is 15.3. The van der Waals surface area contributed by atoms with Gasteiger partial charge in [0.15, 0.2) is 5.65 Å². The highest BCUT2D eigenvalue weighted by molar-refractivity contribution is 6.01. The topological polar surface area (TPSA) is 103 Å². The van der Waals surface area contributed by atoms with E-state index < -0.39 is 18.6 Å². The molecule has 0 spiro atoms. The molecular weight excluding hydrogens is 337 g/mol. The molecule has 0 aliphatic heterocycles. The lowest BCUT2D eigenvalue weighted by molar-refractivity contribution is 0.0935. The van der Waals surface area contributed by atoms with Crippen LogP contribution in [0.25, 0.3) is 16.8 Å². The molecule has 1 aliphatic carbocycles. The fourth-order valence-electron chi connectivity index (χ4n) is 2.85. The van der Waals surface area contributed by atoms with Gasteiger partial charge in [-0.1, -0.05) is 0 Å². The summed E-state index contributed by atoms with van der Waals surface area (Å²) in [5, 5.41) is 11.1. The van der Waals surface area contributed by atoms with Gasteiger partial charge < -0.3 is 11.1 Å². The number of carbonyl (C=O) groups excluding carboxylic acids is 1. The van der Waals surface area contributed by atoms with Gasteiger partial charge in [-0.25, -0.2) is 8.91 Å². The molecule has 1 unspecified atom stereocenters. The number of hydrogen-bond acceptors (Lipinski definition) is 5. The Bertz CT molecular complexity index is 959. The van der Waals surface area contributed by atoms with E-state index in [1.165, 1.54) is 17.4 Å². The molecule has 0 radical (unpaired) electrons. The zero-order valence-electron chi connectivity index (χ0n) is 14.4. The monoisotopic (exact) mass is 357 g/mol. The van der Waals surface area contributed by atoms with E-state index in [9.17, 15) is 9.18 Å². The maximum absolute atomic E-state index is 12.8. The maximum Gasteiger partial charge on any atom is 0.255 e. The number of pyridine rings is 1. The molecule has 1 atom stereocenters. The summed E-state index contributed by atoms with van der Waals surface area (Å²) in [4.78, 5) is 16.7. The summed E-state index contributed by atoms with van der Waals surface area (Å²) in [5.41, 5.74) is 7.95. The highest BCUT2D eigenvalue weighted by Gasteiger charge is 2.22. The molecule has 1 amide bonds. The number of nitrogen functional groups attached to an aromatic ring is 1. The molecule has 0 aromatic carbocycles. The first-order valence-electron chi connectivity index (χ1n) is 8.59. The van der Waals surface area contributed by atoms with Gasteiger partial charge in [-0.15, -0.1) is 5.10 Å². The second-order valence-corrected chi connectivity index (χ2v) is 6.80. The molecule has 3 heterocycles. The Morgan fingerprint density at radius 1 is 1.42 bits per heavy atom. The van der Waals surface area contributed by atoms with Gasteiger partial charge in [-0.3, -0.25) is 9.48 Å². The average Bonchev–Trinajstić information content (AvgIpc) is 3.15. The summed E-state index contributed by atoms with van der Waals surface area (Å²) < 4.78 is 16.1. The van der Waals surface area contributed by atoms with Crippen LogP contribution in [0, 0.1) is 5.92 Å². The molecule has 1 fully saturated rings. The number of alkyl halides is 1. The third-order valence-corrected chi connectivity index (χ3v) is 4.41. The lowest BCUT2D eigenvalue weighted by atomic mass is 10.1. The number of nitrogens with two attached hydrogens (primary N) is 1. The fraction of sp³-hybridized carbons (Fsp3) is 0.412. The van der Waals surface area contributed by atoms with Crippen LogP contribution in [0.4, 0.5) is 10.3 Å². The van der Waals surface area contributed by atoms with Crippen LogP contribution in [0.15, 0.2) is 24.7 Å². The van der Waals surface area contributed by atoms with Gasteiger partial charge in [-0.05, 0) is 31.7 Å². The molecule has 4 rings (SSSR count). The second kappa shape index (κ2) is 6.40. The van der Waals surface area contributed by atoms with Gasteiger partial charge in [0.2, 0.25) is 5.95 Å². The lowest BCUT2D eigenvalue weighted by Gasteiger charge is -2.11. The molecular formula is C17H20FN7O. The van der Waals surface area contributed by atoms with E-state index in [0.717, 1.165) is 17.7 Å². The van der Waals surface area contributed by atoms with Crippen LogP contribution in [0.1, 0.15) is 30.1 Å². The summed E-state index contributed by atoms with van der Waals surface area (Å²) in [6, 6.07) is 1.12. The van der Waals surface area contributed by atoms with Crippen LogP contribution < -0.4 is 11.1 Å². The Hall–Kier alpha value is -2.97.